The first-order chi connectivity index (χ1) is 21.2. The predicted octanol–water partition coefficient (Wildman–Crippen LogP) is 2.44. The van der Waals surface area contributed by atoms with Gasteiger partial charge in [0.25, 0.3) is 5.91 Å². The van der Waals surface area contributed by atoms with Crippen molar-refractivity contribution in [2.24, 2.45) is 5.14 Å². The summed E-state index contributed by atoms with van der Waals surface area (Å²) in [6.45, 7) is 6.39. The van der Waals surface area contributed by atoms with E-state index in [4.69, 9.17) is 5.14 Å². The number of hydrogen-bond donors (Lipinski definition) is 4. The van der Waals surface area contributed by atoms with Crippen LogP contribution in [0.2, 0.25) is 0 Å². The van der Waals surface area contributed by atoms with Gasteiger partial charge in [-0.15, -0.1) is 0 Å². The van der Waals surface area contributed by atoms with E-state index >= 15 is 0 Å². The highest BCUT2D eigenvalue weighted by Gasteiger charge is 2.18. The average Bonchev–Trinajstić information content (AvgIpc) is 3.76. The minimum atomic E-state index is -3.72. The molecule has 0 bridgehead atoms. The number of H-pyrrole nitrogens is 1. The second kappa shape index (κ2) is 12.6. The second-order valence-electron chi connectivity index (χ2n) is 11.0. The van der Waals surface area contributed by atoms with Gasteiger partial charge < -0.3 is 24.7 Å². The molecule has 44 heavy (non-hydrogen) atoms. The minimum Gasteiger partial charge on any atom is -0.353 e. The molecule has 230 valence electrons. The summed E-state index contributed by atoms with van der Waals surface area (Å²) in [5.41, 5.74) is 3.32. The van der Waals surface area contributed by atoms with Gasteiger partial charge in [-0.3, -0.25) is 14.8 Å². The molecule has 0 aliphatic carbocycles. The lowest BCUT2D eigenvalue weighted by Gasteiger charge is -2.32. The number of aromatic nitrogens is 6. The standard InChI is InChI=1S/C29H35N11O3S/c1-37-13-15-39(16-14-37)18-21-3-5-22(6-4-21)34-29(41)26-25(17-33-36-26)35-27-24-8-12-40(28(24)32-20-31-27)10-2-9-38-11-7-23(19-38)44(30,42)43/h3-8,11-12,17,19-20H,2,9-10,13-16,18H2,1H3,(H,33,36)(H,34,41)(H2,30,42,43)(H,31,32,35). The zero-order valence-electron chi connectivity index (χ0n) is 24.3. The van der Waals surface area contributed by atoms with Crippen LogP contribution in [-0.4, -0.2) is 86.7 Å². The third-order valence-electron chi connectivity index (χ3n) is 7.75. The quantitative estimate of drug-likeness (QED) is 0.174. The number of primary sulfonamides is 1. The molecule has 1 aliphatic rings. The molecule has 1 amide bonds. The Morgan fingerprint density at radius 2 is 1.82 bits per heavy atom. The first-order valence-corrected chi connectivity index (χ1v) is 15.9. The summed E-state index contributed by atoms with van der Waals surface area (Å²) < 4.78 is 26.8. The molecule has 0 radical (unpaired) electrons. The van der Waals surface area contributed by atoms with Gasteiger partial charge >= 0.3 is 0 Å². The third-order valence-corrected chi connectivity index (χ3v) is 8.64. The van der Waals surface area contributed by atoms with E-state index in [1.165, 1.54) is 24.2 Å². The van der Waals surface area contributed by atoms with E-state index in [1.807, 2.05) is 41.1 Å². The van der Waals surface area contributed by atoms with Crippen LogP contribution >= 0.6 is 0 Å². The molecule has 0 saturated carbocycles. The van der Waals surface area contributed by atoms with Crippen LogP contribution in [0.25, 0.3) is 11.0 Å². The summed E-state index contributed by atoms with van der Waals surface area (Å²) in [7, 11) is -1.58. The van der Waals surface area contributed by atoms with E-state index in [0.29, 0.717) is 30.3 Å². The number of likely N-dealkylation sites (N-methyl/N-ethyl adjacent to an activating group) is 1. The number of anilines is 3. The molecule has 6 rings (SSSR count). The number of aryl methyl sites for hydroxylation is 2. The fourth-order valence-corrected chi connectivity index (χ4v) is 5.80. The molecular weight excluding hydrogens is 582 g/mol. The Morgan fingerprint density at radius 3 is 2.57 bits per heavy atom. The Balaban J connectivity index is 1.07. The summed E-state index contributed by atoms with van der Waals surface area (Å²) in [6.07, 6.45) is 8.96. The molecule has 5 aromatic rings. The first kappa shape index (κ1) is 29.5. The Hall–Kier alpha value is -4.57. The second-order valence-corrected chi connectivity index (χ2v) is 12.5. The zero-order chi connectivity index (χ0) is 30.7. The number of fused-ring (bicyclic) bond motifs is 1. The van der Waals surface area contributed by atoms with Gasteiger partial charge in [0.15, 0.2) is 5.69 Å². The van der Waals surface area contributed by atoms with Gasteiger partial charge in [-0.05, 0) is 43.3 Å². The highest BCUT2D eigenvalue weighted by atomic mass is 32.2. The van der Waals surface area contributed by atoms with Crippen molar-refractivity contribution < 1.29 is 13.2 Å². The van der Waals surface area contributed by atoms with Gasteiger partial charge in [-0.1, -0.05) is 12.1 Å². The van der Waals surface area contributed by atoms with E-state index in [-0.39, 0.29) is 16.5 Å². The van der Waals surface area contributed by atoms with Crippen LogP contribution in [0.1, 0.15) is 22.5 Å². The molecule has 1 saturated heterocycles. The van der Waals surface area contributed by atoms with Crippen LogP contribution in [0, 0.1) is 0 Å². The normalized spacial score (nSPS) is 14.7. The summed E-state index contributed by atoms with van der Waals surface area (Å²) >= 11 is 0. The first-order valence-electron chi connectivity index (χ1n) is 14.3. The SMILES string of the molecule is CN1CCN(Cc2ccc(NC(=O)c3n[nH]cc3Nc3ncnc4c3ccn4CCCn3ccc(S(N)(=O)=O)c3)cc2)CC1. The smallest absolute Gasteiger partial charge is 0.278 e. The topological polar surface area (TPSA) is 172 Å². The lowest BCUT2D eigenvalue weighted by atomic mass is 10.1. The summed E-state index contributed by atoms with van der Waals surface area (Å²) in [4.78, 5) is 26.9. The monoisotopic (exact) mass is 617 g/mol. The van der Waals surface area contributed by atoms with Crippen LogP contribution in [0.4, 0.5) is 17.2 Å². The van der Waals surface area contributed by atoms with Gasteiger partial charge in [0.05, 0.1) is 16.0 Å². The number of nitrogens with one attached hydrogen (secondary N) is 3. The number of benzene rings is 1. The Morgan fingerprint density at radius 1 is 1.02 bits per heavy atom. The molecule has 4 aromatic heterocycles. The molecule has 15 heteroatoms. The number of sulfonamides is 1. The molecule has 5 heterocycles. The fourth-order valence-electron chi connectivity index (χ4n) is 5.27. The van der Waals surface area contributed by atoms with Crippen molar-refractivity contribution in [2.45, 2.75) is 31.0 Å². The summed E-state index contributed by atoms with van der Waals surface area (Å²) in [5, 5.41) is 19.1. The predicted molar refractivity (Wildman–Crippen MR) is 167 cm³/mol. The van der Waals surface area contributed by atoms with Crippen molar-refractivity contribution in [3.63, 3.8) is 0 Å². The molecule has 1 aromatic carbocycles. The number of hydrogen-bond acceptors (Lipinski definition) is 9. The molecule has 1 aliphatic heterocycles. The Labute approximate surface area is 254 Å². The number of amides is 1. The van der Waals surface area contributed by atoms with E-state index in [1.54, 1.807) is 17.0 Å². The number of carbonyl (C=O) groups excluding carboxylic acids is 1. The third kappa shape index (κ3) is 6.81. The molecule has 1 fully saturated rings. The van der Waals surface area contributed by atoms with Crippen molar-refractivity contribution in [3.05, 3.63) is 78.8 Å². The number of aromatic amines is 1. The maximum absolute atomic E-state index is 13.2. The number of piperazine rings is 1. The highest BCUT2D eigenvalue weighted by molar-refractivity contribution is 7.89. The van der Waals surface area contributed by atoms with Crippen LogP contribution in [0.15, 0.2) is 72.4 Å². The maximum Gasteiger partial charge on any atom is 0.278 e. The van der Waals surface area contributed by atoms with Crippen LogP contribution < -0.4 is 15.8 Å². The average molecular weight is 618 g/mol. The largest absolute Gasteiger partial charge is 0.353 e. The van der Waals surface area contributed by atoms with Gasteiger partial charge in [0, 0.05) is 76.3 Å². The van der Waals surface area contributed by atoms with E-state index < -0.39 is 10.0 Å². The number of nitrogens with two attached hydrogens (primary N) is 1. The lowest BCUT2D eigenvalue weighted by molar-refractivity contribution is 0.102. The van der Waals surface area contributed by atoms with E-state index in [9.17, 15) is 13.2 Å². The summed E-state index contributed by atoms with van der Waals surface area (Å²) in [5.74, 6) is 0.194. The maximum atomic E-state index is 13.2. The van der Waals surface area contributed by atoms with E-state index in [0.717, 1.165) is 50.2 Å². The molecule has 14 nitrogen and oxygen atoms in total. The van der Waals surface area contributed by atoms with Crippen molar-refractivity contribution >= 4 is 44.2 Å². The minimum absolute atomic E-state index is 0.0919. The highest BCUT2D eigenvalue weighted by Crippen LogP contribution is 2.26. The van der Waals surface area contributed by atoms with Gasteiger partial charge in [-0.2, -0.15) is 5.10 Å². The number of carbonyl (C=O) groups is 1. The Bertz CT molecular complexity index is 1850. The molecule has 0 spiro atoms. The number of rotatable bonds is 11. The molecule has 0 unspecified atom stereocenters. The number of nitrogens with zero attached hydrogens (tertiary/aromatic N) is 7. The summed E-state index contributed by atoms with van der Waals surface area (Å²) in [6, 6.07) is 11.3. The molecule has 5 N–H and O–H groups in total. The lowest BCUT2D eigenvalue weighted by Crippen LogP contribution is -2.43. The van der Waals surface area contributed by atoms with Crippen molar-refractivity contribution in [1.29, 1.82) is 0 Å². The van der Waals surface area contributed by atoms with E-state index in [2.05, 4.69) is 47.6 Å². The molecular formula is C29H35N11O3S. The van der Waals surface area contributed by atoms with Crippen molar-refractivity contribution in [2.75, 3.05) is 43.9 Å². The van der Waals surface area contributed by atoms with Crippen LogP contribution in [0.5, 0.6) is 0 Å². The van der Waals surface area contributed by atoms with Crippen molar-refractivity contribution in [1.82, 2.24) is 39.1 Å². The fraction of sp³-hybridized carbons (Fsp3) is 0.310. The zero-order valence-corrected chi connectivity index (χ0v) is 25.2. The molecule has 0 atom stereocenters. The van der Waals surface area contributed by atoms with Gasteiger partial charge in [0.1, 0.15) is 17.8 Å². The van der Waals surface area contributed by atoms with Crippen LogP contribution in [0.3, 0.4) is 0 Å². The van der Waals surface area contributed by atoms with Gasteiger partial charge in [0.2, 0.25) is 10.0 Å². The van der Waals surface area contributed by atoms with Crippen molar-refractivity contribution in [3.8, 4) is 0 Å². The van der Waals surface area contributed by atoms with Crippen LogP contribution in [-0.2, 0) is 29.7 Å². The Kier molecular flexibility index (Phi) is 8.43. The van der Waals surface area contributed by atoms with Gasteiger partial charge in [-0.25, -0.2) is 23.5 Å².